The van der Waals surface area contributed by atoms with Crippen LogP contribution in [0.15, 0.2) is 47.6 Å². The SMILES string of the molecule is CC(Sc1nnc(CN2CCCCC2)n1-c1ccc(F)cc1)C(=O)Nc1ccc(F)cc1Cl. The number of benzene rings is 2. The molecule has 1 aromatic heterocycles. The van der Waals surface area contributed by atoms with Crippen LogP contribution >= 0.6 is 23.4 Å². The Hall–Kier alpha value is -2.49. The van der Waals surface area contributed by atoms with Crippen LogP contribution in [0.1, 0.15) is 32.0 Å². The lowest BCUT2D eigenvalue weighted by molar-refractivity contribution is -0.115. The topological polar surface area (TPSA) is 63.1 Å². The average Bonchev–Trinajstić information content (AvgIpc) is 3.18. The van der Waals surface area contributed by atoms with Crippen molar-refractivity contribution in [3.63, 3.8) is 0 Å². The molecule has 0 bridgehead atoms. The third kappa shape index (κ3) is 5.90. The molecule has 1 aliphatic rings. The predicted octanol–water partition coefficient (Wildman–Crippen LogP) is 5.30. The van der Waals surface area contributed by atoms with Gasteiger partial charge in [0.05, 0.1) is 22.5 Å². The molecule has 0 aliphatic carbocycles. The first-order valence-corrected chi connectivity index (χ1v) is 12.0. The molecule has 1 saturated heterocycles. The number of likely N-dealkylation sites (tertiary alicyclic amines) is 1. The van der Waals surface area contributed by atoms with Crippen LogP contribution in [-0.2, 0) is 11.3 Å². The summed E-state index contributed by atoms with van der Waals surface area (Å²) < 4.78 is 28.7. The van der Waals surface area contributed by atoms with Crippen molar-refractivity contribution in [3.05, 3.63) is 64.9 Å². The maximum atomic E-state index is 13.5. The largest absolute Gasteiger partial charge is 0.324 e. The molecular weight excluding hydrogens is 468 g/mol. The van der Waals surface area contributed by atoms with Gasteiger partial charge in [-0.25, -0.2) is 8.78 Å². The van der Waals surface area contributed by atoms with E-state index in [1.54, 1.807) is 19.1 Å². The van der Waals surface area contributed by atoms with Crippen molar-refractivity contribution >= 4 is 35.0 Å². The molecule has 1 N–H and O–H groups in total. The number of carbonyl (C=O) groups excluding carboxylic acids is 1. The maximum absolute atomic E-state index is 13.5. The molecule has 1 fully saturated rings. The number of nitrogens with zero attached hydrogens (tertiary/aromatic N) is 4. The van der Waals surface area contributed by atoms with Crippen molar-refractivity contribution in [2.75, 3.05) is 18.4 Å². The first-order valence-electron chi connectivity index (χ1n) is 10.8. The van der Waals surface area contributed by atoms with Crippen molar-refractivity contribution in [3.8, 4) is 5.69 Å². The van der Waals surface area contributed by atoms with E-state index < -0.39 is 11.1 Å². The maximum Gasteiger partial charge on any atom is 0.237 e. The van der Waals surface area contributed by atoms with E-state index in [2.05, 4.69) is 20.4 Å². The Balaban J connectivity index is 1.55. The molecule has 0 spiro atoms. The number of rotatable bonds is 7. The molecule has 2 heterocycles. The molecule has 3 aromatic rings. The van der Waals surface area contributed by atoms with Crippen molar-refractivity contribution < 1.29 is 13.6 Å². The van der Waals surface area contributed by atoms with Crippen molar-refractivity contribution in [2.45, 2.75) is 43.1 Å². The van der Waals surface area contributed by atoms with E-state index in [1.807, 2.05) is 4.57 Å². The zero-order valence-corrected chi connectivity index (χ0v) is 19.7. The minimum atomic E-state index is -0.544. The number of nitrogens with one attached hydrogen (secondary N) is 1. The summed E-state index contributed by atoms with van der Waals surface area (Å²) in [5.74, 6) is -0.378. The molecule has 2 aromatic carbocycles. The zero-order chi connectivity index (χ0) is 23.4. The number of hydrogen-bond donors (Lipinski definition) is 1. The first-order chi connectivity index (χ1) is 15.9. The third-order valence-corrected chi connectivity index (χ3v) is 6.79. The lowest BCUT2D eigenvalue weighted by Crippen LogP contribution is -2.30. The van der Waals surface area contributed by atoms with Gasteiger partial charge in [-0.05, 0) is 75.3 Å². The minimum Gasteiger partial charge on any atom is -0.324 e. The van der Waals surface area contributed by atoms with Gasteiger partial charge in [0.15, 0.2) is 11.0 Å². The quantitative estimate of drug-likeness (QED) is 0.454. The summed E-state index contributed by atoms with van der Waals surface area (Å²) in [5, 5.41) is 11.6. The Morgan fingerprint density at radius 1 is 1.09 bits per heavy atom. The molecule has 0 radical (unpaired) electrons. The highest BCUT2D eigenvalue weighted by Crippen LogP contribution is 2.29. The van der Waals surface area contributed by atoms with Gasteiger partial charge in [0.2, 0.25) is 5.91 Å². The van der Waals surface area contributed by atoms with Gasteiger partial charge in [-0.1, -0.05) is 29.8 Å². The molecule has 1 aliphatic heterocycles. The van der Waals surface area contributed by atoms with Gasteiger partial charge >= 0.3 is 0 Å². The van der Waals surface area contributed by atoms with E-state index >= 15 is 0 Å². The van der Waals surface area contributed by atoms with E-state index in [-0.39, 0.29) is 16.7 Å². The summed E-state index contributed by atoms with van der Waals surface area (Å²) in [4.78, 5) is 15.1. The van der Waals surface area contributed by atoms with Gasteiger partial charge in [0, 0.05) is 5.69 Å². The molecule has 1 atom stereocenters. The Kier molecular flexibility index (Phi) is 7.62. The Morgan fingerprint density at radius 2 is 1.79 bits per heavy atom. The number of carbonyl (C=O) groups is 1. The van der Waals surface area contributed by atoms with Gasteiger partial charge in [0.1, 0.15) is 11.6 Å². The summed E-state index contributed by atoms with van der Waals surface area (Å²) in [6.07, 6.45) is 3.53. The Morgan fingerprint density at radius 3 is 2.48 bits per heavy atom. The van der Waals surface area contributed by atoms with E-state index in [1.165, 1.54) is 42.4 Å². The van der Waals surface area contributed by atoms with Crippen molar-refractivity contribution in [1.29, 1.82) is 0 Å². The Labute approximate surface area is 200 Å². The number of halogens is 3. The van der Waals surface area contributed by atoms with Crippen LogP contribution in [0.3, 0.4) is 0 Å². The minimum absolute atomic E-state index is 0.124. The van der Waals surface area contributed by atoms with Crippen LogP contribution in [0, 0.1) is 11.6 Å². The highest BCUT2D eigenvalue weighted by atomic mass is 35.5. The van der Waals surface area contributed by atoms with Crippen LogP contribution in [0.5, 0.6) is 0 Å². The van der Waals surface area contributed by atoms with E-state index in [9.17, 15) is 13.6 Å². The molecular formula is C23H24ClF2N5OS. The number of thioether (sulfide) groups is 1. The molecule has 6 nitrogen and oxygen atoms in total. The summed E-state index contributed by atoms with van der Waals surface area (Å²) in [6, 6.07) is 9.92. The van der Waals surface area contributed by atoms with E-state index in [0.717, 1.165) is 43.5 Å². The van der Waals surface area contributed by atoms with Crippen LogP contribution in [0.2, 0.25) is 5.02 Å². The molecule has 1 unspecified atom stereocenters. The van der Waals surface area contributed by atoms with Gasteiger partial charge in [0.25, 0.3) is 0 Å². The van der Waals surface area contributed by atoms with Gasteiger partial charge in [-0.15, -0.1) is 10.2 Å². The van der Waals surface area contributed by atoms with Crippen LogP contribution in [-0.4, -0.2) is 43.9 Å². The standard InChI is InChI=1S/C23H24ClF2N5OS/c1-15(22(32)27-20-10-7-17(26)13-19(20)24)33-23-29-28-21(14-30-11-3-2-4-12-30)31(23)18-8-5-16(25)6-9-18/h5-10,13,15H,2-4,11-12,14H2,1H3,(H,27,32). The number of piperidine rings is 1. The summed E-state index contributed by atoms with van der Waals surface area (Å²) in [6.45, 7) is 4.36. The summed E-state index contributed by atoms with van der Waals surface area (Å²) >= 11 is 7.27. The molecule has 10 heteroatoms. The number of anilines is 1. The second-order valence-electron chi connectivity index (χ2n) is 7.92. The predicted molar refractivity (Wildman–Crippen MR) is 126 cm³/mol. The fourth-order valence-electron chi connectivity index (χ4n) is 3.68. The lowest BCUT2D eigenvalue weighted by atomic mass is 10.1. The van der Waals surface area contributed by atoms with E-state index in [4.69, 9.17) is 11.6 Å². The smallest absolute Gasteiger partial charge is 0.237 e. The third-order valence-electron chi connectivity index (χ3n) is 5.44. The number of hydrogen-bond acceptors (Lipinski definition) is 5. The van der Waals surface area contributed by atoms with Crippen LogP contribution < -0.4 is 5.32 Å². The molecule has 4 rings (SSSR count). The second kappa shape index (κ2) is 10.6. The number of aromatic nitrogens is 3. The number of amides is 1. The van der Waals surface area contributed by atoms with Crippen LogP contribution in [0.4, 0.5) is 14.5 Å². The van der Waals surface area contributed by atoms with Gasteiger partial charge < -0.3 is 5.32 Å². The summed E-state index contributed by atoms with van der Waals surface area (Å²) in [5.41, 5.74) is 1.06. The zero-order valence-electron chi connectivity index (χ0n) is 18.1. The average molecular weight is 492 g/mol. The lowest BCUT2D eigenvalue weighted by Gasteiger charge is -2.26. The second-order valence-corrected chi connectivity index (χ2v) is 9.64. The monoisotopic (exact) mass is 491 g/mol. The van der Waals surface area contributed by atoms with Crippen LogP contribution in [0.25, 0.3) is 5.69 Å². The molecule has 174 valence electrons. The van der Waals surface area contributed by atoms with Crippen molar-refractivity contribution in [2.24, 2.45) is 0 Å². The highest BCUT2D eigenvalue weighted by Gasteiger charge is 2.23. The van der Waals surface area contributed by atoms with Gasteiger partial charge in [-0.2, -0.15) is 0 Å². The first kappa shape index (κ1) is 23.7. The molecule has 1 amide bonds. The normalized spacial score (nSPS) is 15.4. The fraction of sp³-hybridized carbons (Fsp3) is 0.348. The molecule has 33 heavy (non-hydrogen) atoms. The summed E-state index contributed by atoms with van der Waals surface area (Å²) in [7, 11) is 0. The fourth-order valence-corrected chi connectivity index (χ4v) is 4.78. The van der Waals surface area contributed by atoms with Crippen molar-refractivity contribution in [1.82, 2.24) is 19.7 Å². The highest BCUT2D eigenvalue weighted by molar-refractivity contribution is 8.00. The molecule has 0 saturated carbocycles. The van der Waals surface area contributed by atoms with Gasteiger partial charge in [-0.3, -0.25) is 14.3 Å². The van der Waals surface area contributed by atoms with E-state index in [0.29, 0.717) is 17.4 Å². The Bertz CT molecular complexity index is 1120.